The van der Waals surface area contributed by atoms with Crippen molar-refractivity contribution in [2.75, 3.05) is 7.11 Å². The van der Waals surface area contributed by atoms with Gasteiger partial charge >= 0.3 is 0 Å². The first-order valence-electron chi connectivity index (χ1n) is 10.6. The number of methoxy groups -OCH3 is 1. The first-order chi connectivity index (χ1) is 15.4. The summed E-state index contributed by atoms with van der Waals surface area (Å²) in [5.74, 6) is -1.40. The van der Waals surface area contributed by atoms with Gasteiger partial charge < -0.3 is 14.7 Å². The third kappa shape index (κ3) is 3.72. The minimum atomic E-state index is -0.839. The highest BCUT2D eigenvalue weighted by atomic mass is 16.6. The molecule has 166 valence electrons. The van der Waals surface area contributed by atoms with Gasteiger partial charge in [0, 0.05) is 29.3 Å². The fourth-order valence-corrected chi connectivity index (χ4v) is 4.71. The van der Waals surface area contributed by atoms with Crippen LogP contribution in [0.3, 0.4) is 0 Å². The molecule has 2 aliphatic rings. The molecule has 1 unspecified atom stereocenters. The highest BCUT2D eigenvalue weighted by Crippen LogP contribution is 2.45. The van der Waals surface area contributed by atoms with Crippen LogP contribution in [0.1, 0.15) is 49.3 Å². The van der Waals surface area contributed by atoms with Gasteiger partial charge in [-0.1, -0.05) is 49.6 Å². The number of nitrogens with zero attached hydrogens (tertiary/aromatic N) is 2. The van der Waals surface area contributed by atoms with Crippen LogP contribution in [0, 0.1) is 10.1 Å². The van der Waals surface area contributed by atoms with Gasteiger partial charge in [-0.15, -0.1) is 0 Å². The zero-order chi connectivity index (χ0) is 22.8. The SMILES string of the molecule is COc1ccccc1C1/C(=C(\O)c2cccc([N+](=O)[O-])c2)C(=O)C(=O)N1C1CCCCC1. The maximum absolute atomic E-state index is 13.2. The zero-order valence-electron chi connectivity index (χ0n) is 17.7. The molecule has 1 atom stereocenters. The topological polar surface area (TPSA) is 110 Å². The van der Waals surface area contributed by atoms with Crippen molar-refractivity contribution < 1.29 is 24.4 Å². The van der Waals surface area contributed by atoms with Gasteiger partial charge in [0.2, 0.25) is 0 Å². The summed E-state index contributed by atoms with van der Waals surface area (Å²) in [6.45, 7) is 0. The number of carbonyl (C=O) groups is 2. The molecule has 1 saturated carbocycles. The average molecular weight is 436 g/mol. The number of benzene rings is 2. The largest absolute Gasteiger partial charge is 0.507 e. The molecule has 2 fully saturated rings. The predicted molar refractivity (Wildman–Crippen MR) is 117 cm³/mol. The van der Waals surface area contributed by atoms with Crippen LogP contribution >= 0.6 is 0 Å². The summed E-state index contributed by atoms with van der Waals surface area (Å²) >= 11 is 0. The van der Waals surface area contributed by atoms with Crippen molar-refractivity contribution in [3.05, 3.63) is 75.3 Å². The lowest BCUT2D eigenvalue weighted by Gasteiger charge is -2.35. The fraction of sp³-hybridized carbons (Fsp3) is 0.333. The van der Waals surface area contributed by atoms with Crippen LogP contribution in [0.2, 0.25) is 0 Å². The Hall–Kier alpha value is -3.68. The lowest BCUT2D eigenvalue weighted by atomic mass is 9.90. The maximum atomic E-state index is 13.2. The molecule has 0 radical (unpaired) electrons. The molecule has 1 aliphatic heterocycles. The van der Waals surface area contributed by atoms with E-state index in [1.807, 2.05) is 0 Å². The van der Waals surface area contributed by atoms with E-state index in [0.717, 1.165) is 32.1 Å². The van der Waals surface area contributed by atoms with Crippen molar-refractivity contribution in [1.82, 2.24) is 4.90 Å². The number of aliphatic hydroxyl groups excluding tert-OH is 1. The molecule has 4 rings (SSSR count). The molecule has 32 heavy (non-hydrogen) atoms. The van der Waals surface area contributed by atoms with Crippen LogP contribution < -0.4 is 4.74 Å². The van der Waals surface area contributed by atoms with Gasteiger partial charge in [-0.05, 0) is 18.9 Å². The Kier molecular flexibility index (Phi) is 5.94. The van der Waals surface area contributed by atoms with E-state index in [4.69, 9.17) is 4.74 Å². The van der Waals surface area contributed by atoms with Crippen LogP contribution in [0.25, 0.3) is 5.76 Å². The van der Waals surface area contributed by atoms with E-state index in [9.17, 15) is 24.8 Å². The zero-order valence-corrected chi connectivity index (χ0v) is 17.7. The van der Waals surface area contributed by atoms with Gasteiger partial charge in [0.15, 0.2) is 0 Å². The van der Waals surface area contributed by atoms with Gasteiger partial charge in [0.25, 0.3) is 17.4 Å². The van der Waals surface area contributed by atoms with Crippen LogP contribution in [0.15, 0.2) is 54.1 Å². The van der Waals surface area contributed by atoms with Crippen molar-refractivity contribution in [2.24, 2.45) is 0 Å². The smallest absolute Gasteiger partial charge is 0.295 e. The Morgan fingerprint density at radius 1 is 1.09 bits per heavy atom. The molecule has 0 bridgehead atoms. The quantitative estimate of drug-likeness (QED) is 0.245. The minimum Gasteiger partial charge on any atom is -0.507 e. The molecule has 2 aromatic carbocycles. The molecule has 0 aromatic heterocycles. The van der Waals surface area contributed by atoms with E-state index in [1.165, 1.54) is 31.4 Å². The second-order valence-electron chi connectivity index (χ2n) is 8.05. The summed E-state index contributed by atoms with van der Waals surface area (Å²) in [6, 6.07) is 11.5. The molecule has 1 heterocycles. The van der Waals surface area contributed by atoms with Crippen LogP contribution in [-0.2, 0) is 9.59 Å². The molecule has 2 aromatic rings. The number of non-ortho nitro benzene ring substituents is 1. The lowest BCUT2D eigenvalue weighted by molar-refractivity contribution is -0.384. The van der Waals surface area contributed by atoms with Crippen molar-refractivity contribution in [3.8, 4) is 5.75 Å². The number of hydrogen-bond donors (Lipinski definition) is 1. The number of hydrogen-bond acceptors (Lipinski definition) is 6. The first-order valence-corrected chi connectivity index (χ1v) is 10.6. The average Bonchev–Trinajstić information content (AvgIpc) is 3.09. The van der Waals surface area contributed by atoms with Gasteiger partial charge in [0.05, 0.1) is 23.6 Å². The van der Waals surface area contributed by atoms with Crippen molar-refractivity contribution in [1.29, 1.82) is 0 Å². The van der Waals surface area contributed by atoms with Crippen LogP contribution in [0.5, 0.6) is 5.75 Å². The third-order valence-corrected chi connectivity index (χ3v) is 6.21. The number of para-hydroxylation sites is 1. The van der Waals surface area contributed by atoms with Crippen molar-refractivity contribution in [3.63, 3.8) is 0 Å². The highest BCUT2D eigenvalue weighted by molar-refractivity contribution is 6.46. The highest BCUT2D eigenvalue weighted by Gasteiger charge is 2.49. The number of ether oxygens (including phenoxy) is 1. The summed E-state index contributed by atoms with van der Waals surface area (Å²) in [7, 11) is 1.51. The van der Waals surface area contributed by atoms with Crippen LogP contribution in [-0.4, -0.2) is 39.8 Å². The molecule has 1 saturated heterocycles. The van der Waals surface area contributed by atoms with Gasteiger partial charge in [0.1, 0.15) is 11.5 Å². The Labute approximate surface area is 185 Å². The van der Waals surface area contributed by atoms with Crippen molar-refractivity contribution in [2.45, 2.75) is 44.2 Å². The number of Topliss-reactive ketones (excluding diaryl/α,β-unsaturated/α-hetero) is 1. The van der Waals surface area contributed by atoms with E-state index >= 15 is 0 Å². The number of rotatable bonds is 5. The second kappa shape index (κ2) is 8.82. The van der Waals surface area contributed by atoms with Crippen molar-refractivity contribution >= 4 is 23.1 Å². The molecule has 0 spiro atoms. The van der Waals surface area contributed by atoms with E-state index in [-0.39, 0.29) is 22.9 Å². The van der Waals surface area contributed by atoms with Gasteiger partial charge in [-0.2, -0.15) is 0 Å². The standard InChI is InChI=1S/C24H24N2O6/c1-32-19-13-6-5-12-18(19)21-20(22(27)15-8-7-11-17(14-15)26(30)31)23(28)24(29)25(21)16-9-3-2-4-10-16/h5-8,11-14,16,21,27H,2-4,9-10H2,1H3/b22-20+. The molecular formula is C24H24N2O6. The molecule has 1 amide bonds. The van der Waals surface area contributed by atoms with Gasteiger partial charge in [-0.25, -0.2) is 0 Å². The minimum absolute atomic E-state index is 0.0782. The predicted octanol–water partition coefficient (Wildman–Crippen LogP) is 4.36. The van der Waals surface area contributed by atoms with E-state index < -0.39 is 28.4 Å². The number of amides is 1. The molecular weight excluding hydrogens is 412 g/mol. The summed E-state index contributed by atoms with van der Waals surface area (Å²) in [4.78, 5) is 38.6. The molecule has 1 aliphatic carbocycles. The number of nitro groups is 1. The normalized spacial score (nSPS) is 21.0. The van der Waals surface area contributed by atoms with E-state index in [2.05, 4.69) is 0 Å². The molecule has 1 N–H and O–H groups in total. The maximum Gasteiger partial charge on any atom is 0.295 e. The van der Waals surface area contributed by atoms with E-state index in [1.54, 1.807) is 29.2 Å². The Morgan fingerprint density at radius 2 is 1.81 bits per heavy atom. The summed E-state index contributed by atoms with van der Waals surface area (Å²) in [5, 5.41) is 22.3. The second-order valence-corrected chi connectivity index (χ2v) is 8.05. The summed E-state index contributed by atoms with van der Waals surface area (Å²) in [5.41, 5.74) is 0.405. The lowest BCUT2D eigenvalue weighted by Crippen LogP contribution is -2.40. The number of carbonyl (C=O) groups excluding carboxylic acids is 2. The number of ketones is 1. The Morgan fingerprint density at radius 3 is 2.50 bits per heavy atom. The monoisotopic (exact) mass is 436 g/mol. The number of aliphatic hydroxyl groups is 1. The number of likely N-dealkylation sites (tertiary alicyclic amines) is 1. The Bertz CT molecular complexity index is 1100. The molecule has 8 nitrogen and oxygen atoms in total. The Balaban J connectivity index is 1.92. The fourth-order valence-electron chi connectivity index (χ4n) is 4.71. The van der Waals surface area contributed by atoms with E-state index in [0.29, 0.717) is 11.3 Å². The third-order valence-electron chi connectivity index (χ3n) is 6.21. The first kappa shape index (κ1) is 21.5. The molecule has 8 heteroatoms. The van der Waals surface area contributed by atoms with Crippen LogP contribution in [0.4, 0.5) is 5.69 Å². The summed E-state index contributed by atoms with van der Waals surface area (Å²) < 4.78 is 5.51. The summed E-state index contributed by atoms with van der Waals surface area (Å²) in [6.07, 6.45) is 4.53. The van der Waals surface area contributed by atoms with Gasteiger partial charge in [-0.3, -0.25) is 19.7 Å². The number of nitro benzene ring substituents is 1.